The quantitative estimate of drug-likeness (QED) is 0.846. The molecule has 3 saturated heterocycles. The molecule has 0 radical (unpaired) electrons. The van der Waals surface area contributed by atoms with Crippen LogP contribution in [-0.2, 0) is 11.2 Å². The third kappa shape index (κ3) is 3.45. The number of aromatic nitrogens is 2. The number of carbonyl (C=O) groups is 2. The van der Waals surface area contributed by atoms with Gasteiger partial charge in [0.15, 0.2) is 0 Å². The number of carbonyl (C=O) groups excluding carboxylic acids is 2. The first-order chi connectivity index (χ1) is 12.7. The van der Waals surface area contributed by atoms with Gasteiger partial charge in [-0.1, -0.05) is 12.1 Å². The van der Waals surface area contributed by atoms with Crippen molar-refractivity contribution in [2.75, 3.05) is 19.6 Å². The van der Waals surface area contributed by atoms with E-state index in [2.05, 4.69) is 9.97 Å². The van der Waals surface area contributed by atoms with Crippen molar-refractivity contribution in [3.63, 3.8) is 0 Å². The lowest BCUT2D eigenvalue weighted by Crippen LogP contribution is -2.48. The molecule has 0 saturated carbocycles. The molecule has 3 fully saturated rings. The predicted octanol–water partition coefficient (Wildman–Crippen LogP) is 1.78. The Morgan fingerprint density at radius 2 is 1.96 bits per heavy atom. The Morgan fingerprint density at radius 1 is 1.04 bits per heavy atom. The molecular formula is C20H22N4O2. The van der Waals surface area contributed by atoms with Gasteiger partial charge in [-0.15, -0.1) is 0 Å². The maximum absolute atomic E-state index is 12.8. The van der Waals surface area contributed by atoms with E-state index in [1.54, 1.807) is 24.7 Å². The summed E-state index contributed by atoms with van der Waals surface area (Å²) < 4.78 is 0. The maximum atomic E-state index is 12.8. The lowest BCUT2D eigenvalue weighted by atomic mass is 9.94. The zero-order valence-electron chi connectivity index (χ0n) is 14.6. The number of hydrogen-bond donors (Lipinski definition) is 0. The SMILES string of the molecule is O=C(c1ccccn1)N1C[C@H]2CC[C@@H](C1)N(C(=O)Cc1cccnc1)C2. The summed E-state index contributed by atoms with van der Waals surface area (Å²) in [6, 6.07) is 9.26. The maximum Gasteiger partial charge on any atom is 0.272 e. The number of piperidine rings is 1. The third-order valence-electron chi connectivity index (χ3n) is 5.28. The lowest BCUT2D eigenvalue weighted by Gasteiger charge is -2.36. The summed E-state index contributed by atoms with van der Waals surface area (Å²) in [7, 11) is 0. The first-order valence-corrected chi connectivity index (χ1v) is 9.09. The summed E-state index contributed by atoms with van der Waals surface area (Å²) in [6.45, 7) is 2.02. The van der Waals surface area contributed by atoms with Crippen LogP contribution in [0.2, 0.25) is 0 Å². The molecule has 5 rings (SSSR count). The van der Waals surface area contributed by atoms with E-state index in [0.29, 0.717) is 31.1 Å². The molecular weight excluding hydrogens is 328 g/mol. The highest BCUT2D eigenvalue weighted by Crippen LogP contribution is 2.29. The molecule has 2 atom stereocenters. The highest BCUT2D eigenvalue weighted by molar-refractivity contribution is 5.92. The summed E-state index contributed by atoms with van der Waals surface area (Å²) in [5.41, 5.74) is 1.40. The summed E-state index contributed by atoms with van der Waals surface area (Å²) in [5, 5.41) is 0. The van der Waals surface area contributed by atoms with E-state index in [1.165, 1.54) is 0 Å². The molecule has 0 N–H and O–H groups in total. The van der Waals surface area contributed by atoms with Crippen molar-refractivity contribution in [2.45, 2.75) is 25.3 Å². The van der Waals surface area contributed by atoms with Crippen LogP contribution in [0.1, 0.15) is 28.9 Å². The van der Waals surface area contributed by atoms with Gasteiger partial charge in [-0.2, -0.15) is 0 Å². The van der Waals surface area contributed by atoms with Crippen LogP contribution in [0.15, 0.2) is 48.9 Å². The molecule has 0 spiro atoms. The Bertz CT molecular complexity index is 781. The van der Waals surface area contributed by atoms with Gasteiger partial charge in [-0.25, -0.2) is 0 Å². The molecule has 0 aliphatic carbocycles. The van der Waals surface area contributed by atoms with Gasteiger partial charge in [0.1, 0.15) is 5.69 Å². The van der Waals surface area contributed by atoms with Gasteiger partial charge in [0, 0.05) is 44.3 Å². The average Bonchev–Trinajstić information content (AvgIpc) is 3.01. The minimum atomic E-state index is -0.0379. The summed E-state index contributed by atoms with van der Waals surface area (Å²) in [4.78, 5) is 37.8. The molecule has 26 heavy (non-hydrogen) atoms. The van der Waals surface area contributed by atoms with E-state index >= 15 is 0 Å². The number of fused-ring (bicyclic) bond motifs is 4. The largest absolute Gasteiger partial charge is 0.337 e. The second kappa shape index (κ2) is 7.23. The van der Waals surface area contributed by atoms with Crippen molar-refractivity contribution < 1.29 is 9.59 Å². The fourth-order valence-corrected chi connectivity index (χ4v) is 3.98. The monoisotopic (exact) mass is 350 g/mol. The standard InChI is InChI=1S/C20H22N4O2/c25-19(10-15-4-3-8-21-11-15)24-13-16-6-7-17(24)14-23(12-16)20(26)18-5-1-2-9-22-18/h1-5,8-9,11,16-17H,6-7,10,12-14H2/t16-,17+/m1/s1. The van der Waals surface area contributed by atoms with Gasteiger partial charge in [0.25, 0.3) is 5.91 Å². The second-order valence-electron chi connectivity index (χ2n) is 7.11. The van der Waals surface area contributed by atoms with Crippen molar-refractivity contribution in [3.05, 3.63) is 60.2 Å². The fourth-order valence-electron chi connectivity index (χ4n) is 3.98. The predicted molar refractivity (Wildman–Crippen MR) is 96.3 cm³/mol. The molecule has 134 valence electrons. The summed E-state index contributed by atoms with van der Waals surface area (Å²) in [5.74, 6) is 0.420. The molecule has 2 amide bonds. The lowest BCUT2D eigenvalue weighted by molar-refractivity contribution is -0.134. The molecule has 6 heteroatoms. The van der Waals surface area contributed by atoms with Gasteiger partial charge in [0.05, 0.1) is 6.42 Å². The summed E-state index contributed by atoms with van der Waals surface area (Å²) in [6.07, 6.45) is 7.48. The topological polar surface area (TPSA) is 66.4 Å². The zero-order chi connectivity index (χ0) is 17.9. The Hall–Kier alpha value is -2.76. The zero-order valence-corrected chi connectivity index (χ0v) is 14.6. The number of pyridine rings is 2. The normalized spacial score (nSPS) is 22.2. The van der Waals surface area contributed by atoms with E-state index in [0.717, 1.165) is 24.9 Å². The summed E-state index contributed by atoms with van der Waals surface area (Å²) >= 11 is 0. The average molecular weight is 350 g/mol. The van der Waals surface area contributed by atoms with Gasteiger partial charge in [-0.05, 0) is 42.5 Å². The minimum Gasteiger partial charge on any atom is -0.337 e. The molecule has 0 aromatic carbocycles. The Morgan fingerprint density at radius 3 is 2.73 bits per heavy atom. The number of nitrogens with zero attached hydrogens (tertiary/aromatic N) is 4. The third-order valence-corrected chi connectivity index (χ3v) is 5.28. The van der Waals surface area contributed by atoms with Gasteiger partial charge < -0.3 is 9.80 Å². The van der Waals surface area contributed by atoms with E-state index in [9.17, 15) is 9.59 Å². The molecule has 3 aliphatic rings. The Balaban J connectivity index is 1.48. The van der Waals surface area contributed by atoms with E-state index in [-0.39, 0.29) is 17.9 Å². The van der Waals surface area contributed by atoms with Gasteiger partial charge >= 0.3 is 0 Å². The van der Waals surface area contributed by atoms with Crippen LogP contribution in [0.3, 0.4) is 0 Å². The first kappa shape index (κ1) is 16.7. The molecule has 2 aromatic heterocycles. The van der Waals surface area contributed by atoms with Crippen LogP contribution in [0.5, 0.6) is 0 Å². The van der Waals surface area contributed by atoms with Crippen LogP contribution < -0.4 is 0 Å². The van der Waals surface area contributed by atoms with Crippen molar-refractivity contribution in [1.82, 2.24) is 19.8 Å². The van der Waals surface area contributed by atoms with Crippen LogP contribution in [0.4, 0.5) is 0 Å². The van der Waals surface area contributed by atoms with Crippen molar-refractivity contribution in [1.29, 1.82) is 0 Å². The van der Waals surface area contributed by atoms with Gasteiger partial charge in [0.2, 0.25) is 5.91 Å². The first-order valence-electron chi connectivity index (χ1n) is 9.09. The molecule has 0 unspecified atom stereocenters. The van der Waals surface area contributed by atoms with Crippen LogP contribution in [0, 0.1) is 5.92 Å². The van der Waals surface area contributed by atoms with Crippen molar-refractivity contribution >= 4 is 11.8 Å². The second-order valence-corrected chi connectivity index (χ2v) is 7.11. The number of rotatable bonds is 3. The van der Waals surface area contributed by atoms with Crippen molar-refractivity contribution in [2.24, 2.45) is 5.92 Å². The van der Waals surface area contributed by atoms with Gasteiger partial charge in [-0.3, -0.25) is 19.6 Å². The molecule has 2 bridgehead atoms. The minimum absolute atomic E-state index is 0.0379. The highest BCUT2D eigenvalue weighted by Gasteiger charge is 2.38. The van der Waals surface area contributed by atoms with E-state index in [1.807, 2.05) is 34.1 Å². The van der Waals surface area contributed by atoms with E-state index in [4.69, 9.17) is 0 Å². The van der Waals surface area contributed by atoms with Crippen LogP contribution >= 0.6 is 0 Å². The Kier molecular flexibility index (Phi) is 4.65. The smallest absolute Gasteiger partial charge is 0.272 e. The highest BCUT2D eigenvalue weighted by atomic mass is 16.2. The van der Waals surface area contributed by atoms with Crippen LogP contribution in [-0.4, -0.2) is 57.3 Å². The molecule has 5 heterocycles. The molecule has 2 aromatic rings. The number of hydrogen-bond acceptors (Lipinski definition) is 4. The van der Waals surface area contributed by atoms with E-state index < -0.39 is 0 Å². The van der Waals surface area contributed by atoms with Crippen LogP contribution in [0.25, 0.3) is 0 Å². The van der Waals surface area contributed by atoms with Crippen molar-refractivity contribution in [3.8, 4) is 0 Å². The molecule has 3 aliphatic heterocycles. The Labute approximate surface area is 152 Å². The fraction of sp³-hybridized carbons (Fsp3) is 0.400. The number of amides is 2. The molecule has 6 nitrogen and oxygen atoms in total.